The van der Waals surface area contributed by atoms with E-state index >= 15 is 0 Å². The zero-order valence-electron chi connectivity index (χ0n) is 18.1. The van der Waals surface area contributed by atoms with E-state index in [9.17, 15) is 22.4 Å². The maximum Gasteiger partial charge on any atom is 0.256 e. The number of fused-ring (bicyclic) bond motifs is 1. The highest BCUT2D eigenvalue weighted by atomic mass is 32.2. The van der Waals surface area contributed by atoms with Crippen LogP contribution in [0.15, 0.2) is 34.7 Å². The van der Waals surface area contributed by atoms with Gasteiger partial charge in [0, 0.05) is 32.8 Å². The number of carbonyl (C=O) groups excluding carboxylic acids is 2. The van der Waals surface area contributed by atoms with E-state index in [4.69, 9.17) is 9.15 Å². The molecule has 0 aliphatic heterocycles. The number of methoxy groups -OCH3 is 1. The number of rotatable bonds is 6. The summed E-state index contributed by atoms with van der Waals surface area (Å²) >= 11 is 0. The van der Waals surface area contributed by atoms with Crippen LogP contribution in [0.25, 0.3) is 22.3 Å². The Labute approximate surface area is 184 Å². The van der Waals surface area contributed by atoms with Crippen molar-refractivity contribution in [3.05, 3.63) is 47.3 Å². The van der Waals surface area contributed by atoms with Gasteiger partial charge >= 0.3 is 0 Å². The highest BCUT2D eigenvalue weighted by molar-refractivity contribution is 7.92. The van der Waals surface area contributed by atoms with Crippen molar-refractivity contribution < 1.29 is 31.6 Å². The number of furan rings is 1. The molecule has 32 heavy (non-hydrogen) atoms. The second-order valence-corrected chi connectivity index (χ2v) is 8.89. The molecule has 2 aromatic carbocycles. The van der Waals surface area contributed by atoms with Gasteiger partial charge in [-0.3, -0.25) is 13.9 Å². The molecule has 9 nitrogen and oxygen atoms in total. The summed E-state index contributed by atoms with van der Waals surface area (Å²) in [7, 11) is 1.63. The van der Waals surface area contributed by atoms with Gasteiger partial charge in [0.2, 0.25) is 10.0 Å². The maximum atomic E-state index is 13.4. The highest BCUT2D eigenvalue weighted by Crippen LogP contribution is 2.44. The third-order valence-electron chi connectivity index (χ3n) is 4.97. The average Bonchev–Trinajstić information content (AvgIpc) is 3.15. The van der Waals surface area contributed by atoms with Crippen molar-refractivity contribution in [2.75, 3.05) is 38.8 Å². The molecular formula is C21H22FN3O6S. The Morgan fingerprint density at radius 2 is 1.62 bits per heavy atom. The number of ether oxygens (including phenoxy) is 1. The van der Waals surface area contributed by atoms with E-state index in [1.54, 1.807) is 0 Å². The lowest BCUT2D eigenvalue weighted by Gasteiger charge is -2.21. The van der Waals surface area contributed by atoms with Gasteiger partial charge in [0.05, 0.1) is 30.0 Å². The van der Waals surface area contributed by atoms with Gasteiger partial charge < -0.3 is 19.8 Å². The summed E-state index contributed by atoms with van der Waals surface area (Å²) in [6.45, 7) is 0. The number of hydrogen-bond donors (Lipinski definition) is 2. The summed E-state index contributed by atoms with van der Waals surface area (Å²) in [4.78, 5) is 25.6. The first kappa shape index (κ1) is 23.1. The Hall–Kier alpha value is -3.60. The number of anilines is 1. The molecule has 0 bridgehead atoms. The van der Waals surface area contributed by atoms with Crippen LogP contribution in [0, 0.1) is 5.82 Å². The molecule has 2 N–H and O–H groups in total. The summed E-state index contributed by atoms with van der Waals surface area (Å²) in [5.74, 6) is -1.55. The monoisotopic (exact) mass is 463 g/mol. The SMILES string of the molecule is CNC(=O)c1c(N(C)S(C)(=O)=O)cc2oc(-c3ccc(F)cc3)c(C(=O)NC)c2c1OC. The zero-order chi connectivity index (χ0) is 23.8. The lowest BCUT2D eigenvalue weighted by atomic mass is 10.0. The summed E-state index contributed by atoms with van der Waals surface area (Å²) in [6, 6.07) is 6.66. The largest absolute Gasteiger partial charge is 0.495 e. The van der Waals surface area contributed by atoms with E-state index in [2.05, 4.69) is 10.6 Å². The minimum absolute atomic E-state index is 0.000868. The quantitative estimate of drug-likeness (QED) is 0.580. The number of halogens is 1. The van der Waals surface area contributed by atoms with Gasteiger partial charge in [-0.1, -0.05) is 0 Å². The number of nitrogens with zero attached hydrogens (tertiary/aromatic N) is 1. The van der Waals surface area contributed by atoms with Crippen LogP contribution in [0.3, 0.4) is 0 Å². The number of carbonyl (C=O) groups is 2. The van der Waals surface area contributed by atoms with Crippen molar-refractivity contribution in [3.63, 3.8) is 0 Å². The van der Waals surface area contributed by atoms with Crippen LogP contribution in [0.5, 0.6) is 5.75 Å². The first-order valence-corrected chi connectivity index (χ1v) is 11.2. The van der Waals surface area contributed by atoms with Gasteiger partial charge in [-0.25, -0.2) is 12.8 Å². The van der Waals surface area contributed by atoms with Gasteiger partial charge in [-0.15, -0.1) is 0 Å². The Kier molecular flexibility index (Phi) is 6.13. The molecule has 0 unspecified atom stereocenters. The minimum atomic E-state index is -3.76. The Bertz CT molecular complexity index is 1320. The topological polar surface area (TPSA) is 118 Å². The predicted molar refractivity (Wildman–Crippen MR) is 118 cm³/mol. The molecule has 0 aliphatic rings. The third-order valence-corrected chi connectivity index (χ3v) is 6.16. The molecule has 170 valence electrons. The number of hydrogen-bond acceptors (Lipinski definition) is 6. The number of benzene rings is 2. The molecule has 3 aromatic rings. The molecule has 0 fully saturated rings. The van der Waals surface area contributed by atoms with E-state index in [0.29, 0.717) is 5.56 Å². The lowest BCUT2D eigenvalue weighted by Crippen LogP contribution is -2.29. The van der Waals surface area contributed by atoms with Crippen molar-refractivity contribution >= 4 is 38.5 Å². The number of sulfonamides is 1. The molecule has 3 rings (SSSR count). The normalized spacial score (nSPS) is 11.3. The first-order valence-electron chi connectivity index (χ1n) is 9.36. The zero-order valence-corrected chi connectivity index (χ0v) is 18.9. The second kappa shape index (κ2) is 8.50. The molecular weight excluding hydrogens is 441 g/mol. The van der Waals surface area contributed by atoms with E-state index < -0.39 is 27.7 Å². The third kappa shape index (κ3) is 3.86. The van der Waals surface area contributed by atoms with Gasteiger partial charge in [0.1, 0.15) is 28.5 Å². The average molecular weight is 463 g/mol. The van der Waals surface area contributed by atoms with Crippen molar-refractivity contribution in [1.82, 2.24) is 10.6 Å². The molecule has 2 amide bonds. The number of amides is 2. The summed E-state index contributed by atoms with van der Waals surface area (Å²) in [5.41, 5.74) is 0.483. The molecule has 0 aliphatic carbocycles. The summed E-state index contributed by atoms with van der Waals surface area (Å²) in [5, 5.41) is 5.16. The van der Waals surface area contributed by atoms with Crippen LogP contribution >= 0.6 is 0 Å². The highest BCUT2D eigenvalue weighted by Gasteiger charge is 2.32. The van der Waals surface area contributed by atoms with E-state index in [1.165, 1.54) is 58.6 Å². The van der Waals surface area contributed by atoms with Crippen LogP contribution in [0.1, 0.15) is 20.7 Å². The first-order chi connectivity index (χ1) is 15.0. The van der Waals surface area contributed by atoms with Crippen LogP contribution < -0.4 is 19.7 Å². The van der Waals surface area contributed by atoms with Gasteiger partial charge in [0.25, 0.3) is 11.8 Å². The fourth-order valence-electron chi connectivity index (χ4n) is 3.34. The summed E-state index contributed by atoms with van der Waals surface area (Å²) < 4.78 is 50.3. The molecule has 0 atom stereocenters. The summed E-state index contributed by atoms with van der Waals surface area (Å²) in [6.07, 6.45) is 0.985. The second-order valence-electron chi connectivity index (χ2n) is 6.88. The molecule has 1 heterocycles. The van der Waals surface area contributed by atoms with Crippen LogP contribution in [-0.2, 0) is 10.0 Å². The van der Waals surface area contributed by atoms with Crippen molar-refractivity contribution in [2.45, 2.75) is 0 Å². The van der Waals surface area contributed by atoms with Gasteiger partial charge in [-0.05, 0) is 24.3 Å². The van der Waals surface area contributed by atoms with Crippen molar-refractivity contribution in [2.24, 2.45) is 0 Å². The molecule has 0 saturated carbocycles. The van der Waals surface area contributed by atoms with Gasteiger partial charge in [0.15, 0.2) is 0 Å². The molecule has 1 aromatic heterocycles. The van der Waals surface area contributed by atoms with E-state index in [-0.39, 0.29) is 39.3 Å². The molecule has 0 saturated heterocycles. The standard InChI is InChI=1S/C21H22FN3O6S/c1-23-20(26)15-13(25(3)32(5,28)29)10-14-16(19(15)30-4)17(21(27)24-2)18(31-14)11-6-8-12(22)9-7-11/h6-10H,1-5H3,(H,23,26)(H,24,27). The smallest absolute Gasteiger partial charge is 0.256 e. The van der Waals surface area contributed by atoms with Crippen molar-refractivity contribution in [1.29, 1.82) is 0 Å². The molecule has 0 radical (unpaired) electrons. The van der Waals surface area contributed by atoms with Crippen LogP contribution in [0.4, 0.5) is 10.1 Å². The Morgan fingerprint density at radius 1 is 1.06 bits per heavy atom. The van der Waals surface area contributed by atoms with E-state index in [1.807, 2.05) is 0 Å². The lowest BCUT2D eigenvalue weighted by molar-refractivity contribution is 0.0952. The fourth-order valence-corrected chi connectivity index (χ4v) is 3.84. The van der Waals surface area contributed by atoms with E-state index in [0.717, 1.165) is 10.6 Å². The molecule has 0 spiro atoms. The van der Waals surface area contributed by atoms with Crippen LogP contribution in [0.2, 0.25) is 0 Å². The molecule has 11 heteroatoms. The number of nitrogens with one attached hydrogen (secondary N) is 2. The Morgan fingerprint density at radius 3 is 2.12 bits per heavy atom. The Balaban J connectivity index is 2.52. The van der Waals surface area contributed by atoms with Gasteiger partial charge in [-0.2, -0.15) is 0 Å². The predicted octanol–water partition coefficient (Wildman–Crippen LogP) is 2.36. The van der Waals surface area contributed by atoms with Crippen molar-refractivity contribution in [3.8, 4) is 17.1 Å². The van der Waals surface area contributed by atoms with Crippen LogP contribution in [-0.4, -0.2) is 54.7 Å². The minimum Gasteiger partial charge on any atom is -0.495 e. The fraction of sp³-hybridized carbons (Fsp3) is 0.238. The maximum absolute atomic E-state index is 13.4.